The fourth-order valence-corrected chi connectivity index (χ4v) is 3.28. The number of hydrogen-bond donors (Lipinski definition) is 2. The minimum Gasteiger partial charge on any atom is -0.334 e. The van der Waals surface area contributed by atoms with Crippen LogP contribution in [-0.2, 0) is 19.1 Å². The number of carbonyl (C=O) groups is 1. The van der Waals surface area contributed by atoms with Crippen LogP contribution in [0.1, 0.15) is 23.6 Å². The van der Waals surface area contributed by atoms with Crippen LogP contribution < -0.4 is 10.6 Å². The van der Waals surface area contributed by atoms with E-state index >= 15 is 0 Å². The third-order valence-electron chi connectivity index (χ3n) is 4.59. The highest BCUT2D eigenvalue weighted by Gasteiger charge is 2.30. The number of nitrogens with zero attached hydrogens (tertiary/aromatic N) is 1. The predicted octanol–water partition coefficient (Wildman–Crippen LogP) is 4.27. The number of benzene rings is 2. The Hall–Kier alpha value is -2.54. The average Bonchev–Trinajstić information content (AvgIpc) is 2.61. The van der Waals surface area contributed by atoms with Gasteiger partial charge in [-0.15, -0.1) is 0 Å². The molecule has 1 aliphatic rings. The number of nitrogens with one attached hydrogen (secondary N) is 2. The summed E-state index contributed by atoms with van der Waals surface area (Å²) in [6.07, 6.45) is -3.40. The van der Waals surface area contributed by atoms with E-state index in [2.05, 4.69) is 27.7 Å². The van der Waals surface area contributed by atoms with Crippen molar-refractivity contribution in [2.45, 2.75) is 32.1 Å². The molecule has 1 heterocycles. The van der Waals surface area contributed by atoms with Gasteiger partial charge in [0.25, 0.3) is 0 Å². The maximum absolute atomic E-state index is 12.6. The Bertz CT molecular complexity index is 790. The van der Waals surface area contributed by atoms with Crippen LogP contribution >= 0.6 is 0 Å². The summed E-state index contributed by atoms with van der Waals surface area (Å²) in [7, 11) is 0. The Labute approximate surface area is 156 Å². The lowest BCUT2D eigenvalue weighted by Crippen LogP contribution is -2.45. The van der Waals surface area contributed by atoms with Gasteiger partial charge in [-0.25, -0.2) is 4.79 Å². The first-order valence-corrected chi connectivity index (χ1v) is 8.85. The van der Waals surface area contributed by atoms with Crippen molar-refractivity contribution in [3.8, 4) is 0 Å². The molecule has 0 saturated heterocycles. The Morgan fingerprint density at radius 3 is 2.44 bits per heavy atom. The van der Waals surface area contributed by atoms with Crippen LogP contribution in [0.2, 0.25) is 0 Å². The van der Waals surface area contributed by atoms with Gasteiger partial charge < -0.3 is 10.6 Å². The molecule has 2 amide bonds. The Morgan fingerprint density at radius 1 is 1.11 bits per heavy atom. The number of anilines is 1. The molecule has 0 spiro atoms. The van der Waals surface area contributed by atoms with Gasteiger partial charge in [-0.05, 0) is 48.7 Å². The molecule has 7 heteroatoms. The maximum Gasteiger partial charge on any atom is 0.416 e. The van der Waals surface area contributed by atoms with Gasteiger partial charge in [-0.2, -0.15) is 13.2 Å². The molecule has 27 heavy (non-hydrogen) atoms. The van der Waals surface area contributed by atoms with Gasteiger partial charge in [0.1, 0.15) is 0 Å². The topological polar surface area (TPSA) is 44.4 Å². The first-order chi connectivity index (χ1) is 12.8. The van der Waals surface area contributed by atoms with Crippen LogP contribution in [0, 0.1) is 0 Å². The highest BCUT2D eigenvalue weighted by molar-refractivity contribution is 5.89. The fourth-order valence-electron chi connectivity index (χ4n) is 3.28. The minimum atomic E-state index is -4.39. The molecule has 144 valence electrons. The van der Waals surface area contributed by atoms with Crippen LogP contribution in [0.4, 0.5) is 23.7 Å². The summed E-state index contributed by atoms with van der Waals surface area (Å²) in [5.41, 5.74) is 2.26. The second-order valence-corrected chi connectivity index (χ2v) is 6.83. The zero-order chi connectivity index (χ0) is 19.4. The first-order valence-electron chi connectivity index (χ1n) is 8.85. The summed E-state index contributed by atoms with van der Waals surface area (Å²) in [6, 6.07) is 12.2. The Morgan fingerprint density at radius 2 is 1.78 bits per heavy atom. The molecule has 0 bridgehead atoms. The quantitative estimate of drug-likeness (QED) is 0.836. The van der Waals surface area contributed by atoms with Crippen LogP contribution in [-0.4, -0.2) is 30.1 Å². The van der Waals surface area contributed by atoms with Gasteiger partial charge in [0.2, 0.25) is 0 Å². The minimum absolute atomic E-state index is 0.0929. The number of amides is 2. The van der Waals surface area contributed by atoms with Crippen molar-refractivity contribution in [3.63, 3.8) is 0 Å². The monoisotopic (exact) mass is 377 g/mol. The van der Waals surface area contributed by atoms with E-state index in [0.717, 1.165) is 31.6 Å². The largest absolute Gasteiger partial charge is 0.416 e. The molecule has 0 aromatic heterocycles. The normalized spacial score (nSPS) is 15.7. The predicted molar refractivity (Wildman–Crippen MR) is 98.5 cm³/mol. The number of fused-ring (bicyclic) bond motifs is 1. The van der Waals surface area contributed by atoms with Gasteiger partial charge >= 0.3 is 12.2 Å². The molecule has 0 aliphatic carbocycles. The van der Waals surface area contributed by atoms with Crippen molar-refractivity contribution in [3.05, 3.63) is 65.2 Å². The van der Waals surface area contributed by atoms with Gasteiger partial charge in [-0.3, -0.25) is 4.90 Å². The van der Waals surface area contributed by atoms with Gasteiger partial charge in [0, 0.05) is 31.4 Å². The number of halogens is 3. The van der Waals surface area contributed by atoms with E-state index < -0.39 is 17.8 Å². The molecule has 3 rings (SSSR count). The molecule has 1 aliphatic heterocycles. The lowest BCUT2D eigenvalue weighted by atomic mass is 10.00. The van der Waals surface area contributed by atoms with Crippen molar-refractivity contribution in [1.82, 2.24) is 10.2 Å². The molecule has 1 unspecified atom stereocenters. The number of rotatable bonds is 4. The third-order valence-corrected chi connectivity index (χ3v) is 4.59. The maximum atomic E-state index is 12.6. The fraction of sp³-hybridized carbons (Fsp3) is 0.350. The molecule has 2 aromatic carbocycles. The zero-order valence-corrected chi connectivity index (χ0v) is 15.0. The summed E-state index contributed by atoms with van der Waals surface area (Å²) < 4.78 is 37.7. The summed E-state index contributed by atoms with van der Waals surface area (Å²) >= 11 is 0. The van der Waals surface area contributed by atoms with Crippen LogP contribution in [0.15, 0.2) is 48.5 Å². The average molecular weight is 377 g/mol. The smallest absolute Gasteiger partial charge is 0.334 e. The van der Waals surface area contributed by atoms with E-state index in [1.54, 1.807) is 0 Å². The summed E-state index contributed by atoms with van der Waals surface area (Å²) in [5, 5.41) is 5.40. The number of hydrogen-bond acceptors (Lipinski definition) is 2. The van der Waals surface area contributed by atoms with E-state index in [0.29, 0.717) is 12.2 Å². The highest BCUT2D eigenvalue weighted by Crippen LogP contribution is 2.29. The standard InChI is InChI=1S/C20H22F3N3O/c1-14(12-26-11-10-15-4-2-3-5-16(15)13-26)24-19(27)25-18-8-6-17(7-9-18)20(21,22)23/h2-9,14H,10-13H2,1H3,(H2,24,25,27). The second kappa shape index (κ2) is 8.00. The van der Waals surface area contributed by atoms with Gasteiger partial charge in [0.15, 0.2) is 0 Å². The lowest BCUT2D eigenvalue weighted by Gasteiger charge is -2.31. The van der Waals surface area contributed by atoms with Crippen LogP contribution in [0.3, 0.4) is 0 Å². The molecular formula is C20H22F3N3O. The molecule has 2 aromatic rings. The molecule has 1 atom stereocenters. The van der Waals surface area contributed by atoms with E-state index in [9.17, 15) is 18.0 Å². The number of carbonyl (C=O) groups excluding carboxylic acids is 1. The van der Waals surface area contributed by atoms with Crippen molar-refractivity contribution in [2.24, 2.45) is 0 Å². The molecular weight excluding hydrogens is 355 g/mol. The molecule has 4 nitrogen and oxygen atoms in total. The molecule has 0 saturated carbocycles. The van der Waals surface area contributed by atoms with E-state index in [1.165, 1.54) is 23.3 Å². The number of urea groups is 1. The van der Waals surface area contributed by atoms with Crippen molar-refractivity contribution in [1.29, 1.82) is 0 Å². The molecule has 0 fully saturated rings. The summed E-state index contributed by atoms with van der Waals surface area (Å²) in [5.74, 6) is 0. The van der Waals surface area contributed by atoms with E-state index in [4.69, 9.17) is 0 Å². The van der Waals surface area contributed by atoms with Gasteiger partial charge in [0.05, 0.1) is 5.56 Å². The molecule has 0 radical (unpaired) electrons. The lowest BCUT2D eigenvalue weighted by molar-refractivity contribution is -0.137. The second-order valence-electron chi connectivity index (χ2n) is 6.83. The van der Waals surface area contributed by atoms with E-state index in [1.807, 2.05) is 19.1 Å². The van der Waals surface area contributed by atoms with Crippen molar-refractivity contribution >= 4 is 11.7 Å². The Kier molecular flexibility index (Phi) is 5.70. The SMILES string of the molecule is CC(CN1CCc2ccccc2C1)NC(=O)Nc1ccc(C(F)(F)F)cc1. The summed E-state index contributed by atoms with van der Waals surface area (Å²) in [4.78, 5) is 14.4. The third kappa shape index (κ3) is 5.23. The van der Waals surface area contributed by atoms with Crippen LogP contribution in [0.5, 0.6) is 0 Å². The molecule has 2 N–H and O–H groups in total. The van der Waals surface area contributed by atoms with Gasteiger partial charge in [-0.1, -0.05) is 24.3 Å². The Balaban J connectivity index is 1.48. The number of alkyl halides is 3. The van der Waals surface area contributed by atoms with Crippen molar-refractivity contribution < 1.29 is 18.0 Å². The van der Waals surface area contributed by atoms with E-state index in [-0.39, 0.29) is 6.04 Å². The summed E-state index contributed by atoms with van der Waals surface area (Å²) in [6.45, 7) is 4.40. The highest BCUT2D eigenvalue weighted by atomic mass is 19.4. The van der Waals surface area contributed by atoms with Crippen LogP contribution in [0.25, 0.3) is 0 Å². The first kappa shape index (κ1) is 19.2. The zero-order valence-electron chi connectivity index (χ0n) is 15.0. The van der Waals surface area contributed by atoms with Crippen molar-refractivity contribution in [2.75, 3.05) is 18.4 Å².